The van der Waals surface area contributed by atoms with Gasteiger partial charge in [0.05, 0.1) is 5.39 Å². The zero-order valence-electron chi connectivity index (χ0n) is 11.3. The molecule has 1 aliphatic carbocycles. The predicted molar refractivity (Wildman–Crippen MR) is 82.1 cm³/mol. The highest BCUT2D eigenvalue weighted by Gasteiger charge is 2.16. The molecule has 4 nitrogen and oxygen atoms in total. The van der Waals surface area contributed by atoms with Crippen molar-refractivity contribution in [3.63, 3.8) is 0 Å². The quantitative estimate of drug-likeness (QED) is 0.890. The molecule has 0 aromatic carbocycles. The highest BCUT2D eigenvalue weighted by Crippen LogP contribution is 2.29. The van der Waals surface area contributed by atoms with Gasteiger partial charge in [-0.2, -0.15) is 4.98 Å². The van der Waals surface area contributed by atoms with Gasteiger partial charge in [-0.25, -0.2) is 4.98 Å². The topological polar surface area (TPSA) is 49.8 Å². The van der Waals surface area contributed by atoms with Crippen LogP contribution in [0.1, 0.15) is 39.0 Å². The summed E-state index contributed by atoms with van der Waals surface area (Å²) < 4.78 is 0. The molecule has 2 aromatic heterocycles. The standard InChI is InChI=1S/C14H20N4S/c1-2-15-14-17-12(11-8-9-19-13(11)18-14)16-10-6-4-3-5-7-10/h8-10H,2-7H2,1H3,(H2,15,16,17,18). The lowest BCUT2D eigenvalue weighted by Gasteiger charge is -2.23. The molecule has 3 rings (SSSR count). The number of thiophene rings is 1. The Morgan fingerprint density at radius 2 is 2.11 bits per heavy atom. The molecule has 2 aromatic rings. The summed E-state index contributed by atoms with van der Waals surface area (Å²) >= 11 is 1.67. The van der Waals surface area contributed by atoms with Gasteiger partial charge in [0.15, 0.2) is 0 Å². The first-order chi connectivity index (χ1) is 9.36. The SMILES string of the molecule is CCNc1nc(NC2CCCCC2)c2ccsc2n1. The van der Waals surface area contributed by atoms with E-state index in [0.717, 1.165) is 28.5 Å². The number of anilines is 2. The van der Waals surface area contributed by atoms with Crippen molar-refractivity contribution in [3.05, 3.63) is 11.4 Å². The third-order valence-corrected chi connectivity index (χ3v) is 4.41. The molecule has 0 aliphatic heterocycles. The third kappa shape index (κ3) is 2.81. The van der Waals surface area contributed by atoms with E-state index in [4.69, 9.17) is 0 Å². The monoisotopic (exact) mass is 276 g/mol. The van der Waals surface area contributed by atoms with Crippen molar-refractivity contribution in [2.45, 2.75) is 45.1 Å². The second kappa shape index (κ2) is 5.74. The van der Waals surface area contributed by atoms with Crippen LogP contribution in [0.5, 0.6) is 0 Å². The molecule has 1 fully saturated rings. The van der Waals surface area contributed by atoms with E-state index in [1.54, 1.807) is 11.3 Å². The Bertz CT molecular complexity index is 545. The first-order valence-corrected chi connectivity index (χ1v) is 8.00. The molecule has 19 heavy (non-hydrogen) atoms. The Morgan fingerprint density at radius 1 is 1.26 bits per heavy atom. The smallest absolute Gasteiger partial charge is 0.226 e. The van der Waals surface area contributed by atoms with Crippen LogP contribution < -0.4 is 10.6 Å². The van der Waals surface area contributed by atoms with E-state index in [1.165, 1.54) is 32.1 Å². The molecule has 5 heteroatoms. The van der Waals surface area contributed by atoms with Crippen LogP contribution in [0.25, 0.3) is 10.2 Å². The summed E-state index contributed by atoms with van der Waals surface area (Å²) in [6.07, 6.45) is 6.54. The summed E-state index contributed by atoms with van der Waals surface area (Å²) in [5.74, 6) is 1.73. The fourth-order valence-corrected chi connectivity index (χ4v) is 3.41. The van der Waals surface area contributed by atoms with Gasteiger partial charge in [0.1, 0.15) is 10.6 Å². The Balaban J connectivity index is 1.88. The Morgan fingerprint density at radius 3 is 2.89 bits per heavy atom. The maximum atomic E-state index is 4.63. The van der Waals surface area contributed by atoms with Gasteiger partial charge in [-0.15, -0.1) is 11.3 Å². The van der Waals surface area contributed by atoms with E-state index in [0.29, 0.717) is 6.04 Å². The second-order valence-electron chi connectivity index (χ2n) is 5.04. The molecule has 2 heterocycles. The van der Waals surface area contributed by atoms with Gasteiger partial charge in [-0.05, 0) is 31.2 Å². The highest BCUT2D eigenvalue weighted by atomic mass is 32.1. The molecule has 1 saturated carbocycles. The molecular formula is C14H20N4S. The molecular weight excluding hydrogens is 256 g/mol. The van der Waals surface area contributed by atoms with Crippen LogP contribution in [0.15, 0.2) is 11.4 Å². The van der Waals surface area contributed by atoms with Crippen molar-refractivity contribution >= 4 is 33.3 Å². The molecule has 0 atom stereocenters. The maximum Gasteiger partial charge on any atom is 0.226 e. The lowest BCUT2D eigenvalue weighted by Crippen LogP contribution is -2.23. The number of rotatable bonds is 4. The van der Waals surface area contributed by atoms with Crippen molar-refractivity contribution in [1.29, 1.82) is 0 Å². The van der Waals surface area contributed by atoms with Crippen LogP contribution in [-0.4, -0.2) is 22.6 Å². The van der Waals surface area contributed by atoms with Crippen molar-refractivity contribution in [1.82, 2.24) is 9.97 Å². The van der Waals surface area contributed by atoms with E-state index in [-0.39, 0.29) is 0 Å². The zero-order valence-corrected chi connectivity index (χ0v) is 12.1. The zero-order chi connectivity index (χ0) is 13.1. The minimum Gasteiger partial charge on any atom is -0.367 e. The van der Waals surface area contributed by atoms with E-state index in [9.17, 15) is 0 Å². The summed E-state index contributed by atoms with van der Waals surface area (Å²) in [4.78, 5) is 10.2. The first kappa shape index (κ1) is 12.7. The van der Waals surface area contributed by atoms with Crippen LogP contribution in [0.2, 0.25) is 0 Å². The van der Waals surface area contributed by atoms with E-state index >= 15 is 0 Å². The van der Waals surface area contributed by atoms with E-state index < -0.39 is 0 Å². The number of nitrogens with one attached hydrogen (secondary N) is 2. The van der Waals surface area contributed by atoms with Crippen molar-refractivity contribution in [2.24, 2.45) is 0 Å². The van der Waals surface area contributed by atoms with Crippen LogP contribution in [-0.2, 0) is 0 Å². The van der Waals surface area contributed by atoms with Gasteiger partial charge >= 0.3 is 0 Å². The lowest BCUT2D eigenvalue weighted by molar-refractivity contribution is 0.462. The number of nitrogens with zero attached hydrogens (tertiary/aromatic N) is 2. The van der Waals surface area contributed by atoms with Crippen molar-refractivity contribution in [2.75, 3.05) is 17.2 Å². The molecule has 0 amide bonds. The molecule has 0 saturated heterocycles. The van der Waals surface area contributed by atoms with Crippen LogP contribution >= 0.6 is 11.3 Å². The number of fused-ring (bicyclic) bond motifs is 1. The largest absolute Gasteiger partial charge is 0.367 e. The Kier molecular flexibility index (Phi) is 3.82. The summed E-state index contributed by atoms with van der Waals surface area (Å²) in [7, 11) is 0. The van der Waals surface area contributed by atoms with Crippen LogP contribution in [0.4, 0.5) is 11.8 Å². The summed E-state index contributed by atoms with van der Waals surface area (Å²) in [6, 6.07) is 2.68. The summed E-state index contributed by atoms with van der Waals surface area (Å²) in [5, 5.41) is 10.1. The average molecular weight is 276 g/mol. The predicted octanol–water partition coefficient (Wildman–Crippen LogP) is 3.87. The van der Waals surface area contributed by atoms with Crippen molar-refractivity contribution < 1.29 is 0 Å². The second-order valence-corrected chi connectivity index (χ2v) is 5.94. The molecule has 2 N–H and O–H groups in total. The van der Waals surface area contributed by atoms with Gasteiger partial charge in [-0.1, -0.05) is 19.3 Å². The normalized spacial score (nSPS) is 16.7. The lowest BCUT2D eigenvalue weighted by atomic mass is 9.95. The van der Waals surface area contributed by atoms with Crippen molar-refractivity contribution in [3.8, 4) is 0 Å². The number of aromatic nitrogens is 2. The van der Waals surface area contributed by atoms with Crippen LogP contribution in [0.3, 0.4) is 0 Å². The molecule has 0 spiro atoms. The first-order valence-electron chi connectivity index (χ1n) is 7.12. The minimum atomic E-state index is 0.571. The maximum absolute atomic E-state index is 4.63. The average Bonchev–Trinajstić information content (AvgIpc) is 2.89. The van der Waals surface area contributed by atoms with Gasteiger partial charge in [0.2, 0.25) is 5.95 Å². The summed E-state index contributed by atoms with van der Waals surface area (Å²) in [5.41, 5.74) is 0. The van der Waals surface area contributed by atoms with Crippen LogP contribution in [0, 0.1) is 0 Å². The van der Waals surface area contributed by atoms with Gasteiger partial charge in [-0.3, -0.25) is 0 Å². The number of hydrogen-bond acceptors (Lipinski definition) is 5. The third-order valence-electron chi connectivity index (χ3n) is 3.61. The molecule has 102 valence electrons. The van der Waals surface area contributed by atoms with Gasteiger partial charge in [0.25, 0.3) is 0 Å². The van der Waals surface area contributed by atoms with Gasteiger partial charge < -0.3 is 10.6 Å². The summed E-state index contributed by atoms with van der Waals surface area (Å²) in [6.45, 7) is 2.91. The Hall–Kier alpha value is -1.36. The molecule has 0 bridgehead atoms. The number of hydrogen-bond donors (Lipinski definition) is 2. The molecule has 0 radical (unpaired) electrons. The van der Waals surface area contributed by atoms with E-state index in [1.807, 2.05) is 0 Å². The fourth-order valence-electron chi connectivity index (χ4n) is 2.64. The molecule has 1 aliphatic rings. The highest BCUT2D eigenvalue weighted by molar-refractivity contribution is 7.16. The fraction of sp³-hybridized carbons (Fsp3) is 0.571. The Labute approximate surface area is 117 Å². The minimum absolute atomic E-state index is 0.571. The van der Waals surface area contributed by atoms with E-state index in [2.05, 4.69) is 39.0 Å². The van der Waals surface area contributed by atoms with Gasteiger partial charge in [0, 0.05) is 12.6 Å². The molecule has 0 unspecified atom stereocenters.